The van der Waals surface area contributed by atoms with Gasteiger partial charge in [-0.25, -0.2) is 9.78 Å². The summed E-state index contributed by atoms with van der Waals surface area (Å²) in [6.07, 6.45) is 0.804. The molecule has 1 aliphatic rings. The second-order valence-electron chi connectivity index (χ2n) is 5.02. The average Bonchev–Trinajstić information content (AvgIpc) is 2.82. The molecule has 112 valence electrons. The fourth-order valence-corrected chi connectivity index (χ4v) is 3.13. The third kappa shape index (κ3) is 3.99. The third-order valence-electron chi connectivity index (χ3n) is 3.45. The van der Waals surface area contributed by atoms with E-state index in [1.807, 2.05) is 0 Å². The third-order valence-corrected chi connectivity index (χ3v) is 4.60. The normalized spacial score (nSPS) is 17.5. The van der Waals surface area contributed by atoms with Crippen molar-refractivity contribution in [3.63, 3.8) is 0 Å². The van der Waals surface area contributed by atoms with Crippen LogP contribution in [0.5, 0.6) is 0 Å². The minimum absolute atomic E-state index is 0.257. The van der Waals surface area contributed by atoms with Gasteiger partial charge in [-0.15, -0.1) is 11.3 Å². The summed E-state index contributed by atoms with van der Waals surface area (Å²) in [6, 6.07) is 0. The lowest BCUT2D eigenvalue weighted by Crippen LogP contribution is -2.45. The van der Waals surface area contributed by atoms with E-state index >= 15 is 0 Å². The first-order valence-corrected chi connectivity index (χ1v) is 7.53. The molecule has 1 aromatic rings. The Hall–Kier alpha value is -1.02. The number of hydrogen-bond acceptors (Lipinski definition) is 6. The molecule has 2 rings (SSSR count). The zero-order chi connectivity index (χ0) is 14.5. The molecule has 0 amide bonds. The van der Waals surface area contributed by atoms with E-state index in [1.165, 1.54) is 11.3 Å². The summed E-state index contributed by atoms with van der Waals surface area (Å²) in [5, 5.41) is 10.0. The second-order valence-corrected chi connectivity index (χ2v) is 6.10. The van der Waals surface area contributed by atoms with Crippen LogP contribution in [0.3, 0.4) is 0 Å². The van der Waals surface area contributed by atoms with E-state index in [-0.39, 0.29) is 6.61 Å². The van der Waals surface area contributed by atoms with Crippen molar-refractivity contribution in [3.8, 4) is 0 Å². The number of aromatic carboxylic acids is 1. The number of carboxylic acid groups (broad SMARTS) is 1. The molecule has 0 atom stereocenters. The van der Waals surface area contributed by atoms with Crippen LogP contribution in [0, 0.1) is 0 Å². The molecule has 0 saturated carbocycles. The maximum Gasteiger partial charge on any atom is 0.347 e. The van der Waals surface area contributed by atoms with Gasteiger partial charge in [0, 0.05) is 46.3 Å². The largest absolute Gasteiger partial charge is 0.477 e. The highest BCUT2D eigenvalue weighted by Gasteiger charge is 2.18. The lowest BCUT2D eigenvalue weighted by atomic mass is 10.3. The molecule has 6 nitrogen and oxygen atoms in total. The Morgan fingerprint density at radius 1 is 1.40 bits per heavy atom. The smallest absolute Gasteiger partial charge is 0.347 e. The molecule has 0 unspecified atom stereocenters. The van der Waals surface area contributed by atoms with Gasteiger partial charge in [-0.2, -0.15) is 0 Å². The number of nitrogens with zero attached hydrogens (tertiary/aromatic N) is 3. The van der Waals surface area contributed by atoms with Crippen LogP contribution in [0.1, 0.15) is 20.4 Å². The van der Waals surface area contributed by atoms with Crippen LogP contribution < -0.4 is 0 Å². The van der Waals surface area contributed by atoms with Gasteiger partial charge in [-0.05, 0) is 7.05 Å². The molecular weight excluding hydrogens is 278 g/mol. The first-order chi connectivity index (χ1) is 9.60. The van der Waals surface area contributed by atoms with Crippen LogP contribution in [0.2, 0.25) is 0 Å². The van der Waals surface area contributed by atoms with Crippen molar-refractivity contribution in [1.29, 1.82) is 0 Å². The highest BCUT2D eigenvalue weighted by molar-refractivity contribution is 7.13. The van der Waals surface area contributed by atoms with Crippen molar-refractivity contribution in [2.75, 3.05) is 46.9 Å². The Balaban J connectivity index is 1.92. The van der Waals surface area contributed by atoms with Crippen LogP contribution in [0.25, 0.3) is 0 Å². The predicted molar refractivity (Wildman–Crippen MR) is 77.4 cm³/mol. The summed E-state index contributed by atoms with van der Waals surface area (Å²) in [7, 11) is 3.68. The van der Waals surface area contributed by atoms with Crippen molar-refractivity contribution in [1.82, 2.24) is 14.8 Å². The monoisotopic (exact) mass is 299 g/mol. The highest BCUT2D eigenvalue weighted by atomic mass is 32.1. The van der Waals surface area contributed by atoms with Crippen molar-refractivity contribution in [3.05, 3.63) is 15.6 Å². The number of ether oxygens (including phenoxy) is 1. The average molecular weight is 299 g/mol. The van der Waals surface area contributed by atoms with Crippen molar-refractivity contribution >= 4 is 17.3 Å². The van der Waals surface area contributed by atoms with Crippen LogP contribution in [0.15, 0.2) is 0 Å². The zero-order valence-electron chi connectivity index (χ0n) is 12.0. The number of carboxylic acids is 1. The fraction of sp³-hybridized carbons (Fsp3) is 0.692. The van der Waals surface area contributed by atoms with E-state index < -0.39 is 5.97 Å². The number of thiazole rings is 1. The minimum atomic E-state index is -0.916. The van der Waals surface area contributed by atoms with Crippen LogP contribution in [-0.2, 0) is 17.8 Å². The lowest BCUT2D eigenvalue weighted by Gasteiger charge is -2.32. The fourth-order valence-electron chi connectivity index (χ4n) is 2.23. The molecule has 0 spiro atoms. The van der Waals surface area contributed by atoms with Crippen LogP contribution in [0.4, 0.5) is 0 Å². The molecule has 1 fully saturated rings. The summed E-state index contributed by atoms with van der Waals surface area (Å²) in [6.45, 7) is 5.51. The van der Waals surface area contributed by atoms with Gasteiger partial charge in [0.1, 0.15) is 4.88 Å². The van der Waals surface area contributed by atoms with Gasteiger partial charge < -0.3 is 19.6 Å². The highest BCUT2D eigenvalue weighted by Crippen LogP contribution is 2.20. The predicted octanol–water partition coefficient (Wildman–Crippen LogP) is 0.778. The topological polar surface area (TPSA) is 65.9 Å². The molecule has 0 aromatic carbocycles. The Morgan fingerprint density at radius 3 is 2.70 bits per heavy atom. The maximum absolute atomic E-state index is 11.2. The first kappa shape index (κ1) is 15.4. The Kier molecular flexibility index (Phi) is 5.47. The first-order valence-electron chi connectivity index (χ1n) is 6.72. The number of aromatic nitrogens is 1. The van der Waals surface area contributed by atoms with Gasteiger partial charge in [-0.3, -0.25) is 0 Å². The van der Waals surface area contributed by atoms with Gasteiger partial charge >= 0.3 is 5.97 Å². The van der Waals surface area contributed by atoms with E-state index in [1.54, 1.807) is 7.11 Å². The Morgan fingerprint density at radius 2 is 2.10 bits per heavy atom. The molecule has 1 saturated heterocycles. The summed E-state index contributed by atoms with van der Waals surface area (Å²) in [5.41, 5.74) is 0.540. The van der Waals surface area contributed by atoms with Gasteiger partial charge in [0.05, 0.1) is 17.3 Å². The molecule has 1 aliphatic heterocycles. The summed E-state index contributed by atoms with van der Waals surface area (Å²) in [4.78, 5) is 20.6. The molecule has 20 heavy (non-hydrogen) atoms. The molecule has 0 radical (unpaired) electrons. The number of methoxy groups -OCH3 is 1. The van der Waals surface area contributed by atoms with Gasteiger partial charge in [0.25, 0.3) is 0 Å². The van der Waals surface area contributed by atoms with Gasteiger partial charge in [-0.1, -0.05) is 0 Å². The van der Waals surface area contributed by atoms with E-state index in [4.69, 9.17) is 9.84 Å². The van der Waals surface area contributed by atoms with E-state index in [0.717, 1.165) is 44.2 Å². The molecule has 0 bridgehead atoms. The number of likely N-dealkylation sites (N-methyl/N-ethyl adjacent to an activating group) is 1. The zero-order valence-corrected chi connectivity index (χ0v) is 12.8. The standard InChI is InChI=1S/C13H21N3O3S/c1-15-5-7-16(8-6-15)4-3-11-14-10(9-19-2)12(20-11)13(17)18/h3-9H2,1-2H3,(H,17,18). The molecule has 1 N–H and O–H groups in total. The van der Waals surface area contributed by atoms with E-state index in [2.05, 4.69) is 21.8 Å². The van der Waals surface area contributed by atoms with E-state index in [9.17, 15) is 4.79 Å². The second kappa shape index (κ2) is 7.12. The molecule has 2 heterocycles. The molecule has 0 aliphatic carbocycles. The number of carbonyl (C=O) groups is 1. The Bertz CT molecular complexity index is 456. The SMILES string of the molecule is COCc1nc(CCN2CCN(C)CC2)sc1C(=O)O. The summed E-state index contributed by atoms with van der Waals surface area (Å²) < 4.78 is 5.00. The quantitative estimate of drug-likeness (QED) is 0.837. The van der Waals surface area contributed by atoms with E-state index in [0.29, 0.717) is 10.6 Å². The maximum atomic E-state index is 11.2. The van der Waals surface area contributed by atoms with Gasteiger partial charge in [0.15, 0.2) is 0 Å². The number of hydrogen-bond donors (Lipinski definition) is 1. The number of piperazine rings is 1. The summed E-state index contributed by atoms with van der Waals surface area (Å²) in [5.74, 6) is -0.916. The Labute approximate surface area is 123 Å². The summed E-state index contributed by atoms with van der Waals surface area (Å²) >= 11 is 1.27. The van der Waals surface area contributed by atoms with Crippen molar-refractivity contribution < 1.29 is 14.6 Å². The molecule has 7 heteroatoms. The van der Waals surface area contributed by atoms with Crippen molar-refractivity contribution in [2.45, 2.75) is 13.0 Å². The van der Waals surface area contributed by atoms with Crippen molar-refractivity contribution in [2.24, 2.45) is 0 Å². The van der Waals surface area contributed by atoms with Crippen LogP contribution in [-0.4, -0.2) is 72.7 Å². The number of rotatable bonds is 6. The minimum Gasteiger partial charge on any atom is -0.477 e. The lowest BCUT2D eigenvalue weighted by molar-refractivity contribution is 0.0697. The molecular formula is C13H21N3O3S. The van der Waals surface area contributed by atoms with Crippen LogP contribution >= 0.6 is 11.3 Å². The molecule has 1 aromatic heterocycles. The van der Waals surface area contributed by atoms with Gasteiger partial charge in [0.2, 0.25) is 0 Å².